The highest BCUT2D eigenvalue weighted by molar-refractivity contribution is 5.74. The first-order valence-electron chi connectivity index (χ1n) is 6.97. The largest absolute Gasteiger partial charge is 0.356 e. The first-order valence-corrected chi connectivity index (χ1v) is 6.97. The molecule has 18 heavy (non-hydrogen) atoms. The van der Waals surface area contributed by atoms with Crippen LogP contribution in [0.25, 0.3) is 0 Å². The Morgan fingerprint density at radius 3 is 2.22 bits per heavy atom. The highest BCUT2D eigenvalue weighted by Gasteiger charge is 2.14. The molecule has 1 aliphatic carbocycles. The molecule has 3 N–H and O–H groups in total. The van der Waals surface area contributed by atoms with Crippen LogP contribution >= 0.6 is 0 Å². The smallest absolute Gasteiger partial charge is 0.315 e. The van der Waals surface area contributed by atoms with Crippen LogP contribution in [0.3, 0.4) is 0 Å². The topological polar surface area (TPSA) is 70.2 Å². The van der Waals surface area contributed by atoms with Gasteiger partial charge in [0.15, 0.2) is 0 Å². The van der Waals surface area contributed by atoms with Gasteiger partial charge in [-0.2, -0.15) is 0 Å². The van der Waals surface area contributed by atoms with E-state index in [4.69, 9.17) is 0 Å². The van der Waals surface area contributed by atoms with Crippen LogP contribution in [-0.4, -0.2) is 31.1 Å². The van der Waals surface area contributed by atoms with E-state index in [-0.39, 0.29) is 11.9 Å². The molecule has 3 amide bonds. The Morgan fingerprint density at radius 1 is 1.00 bits per heavy atom. The van der Waals surface area contributed by atoms with Crippen molar-refractivity contribution in [2.24, 2.45) is 0 Å². The maximum atomic E-state index is 11.6. The van der Waals surface area contributed by atoms with Crippen LogP contribution in [0.15, 0.2) is 0 Å². The number of hydrogen-bond acceptors (Lipinski definition) is 2. The van der Waals surface area contributed by atoms with Crippen LogP contribution in [0.4, 0.5) is 4.79 Å². The molecule has 0 aromatic carbocycles. The Hall–Kier alpha value is -1.26. The molecule has 0 saturated heterocycles. The fraction of sp³-hybridized carbons (Fsp3) is 0.846. The molecule has 0 aliphatic heterocycles. The predicted molar refractivity (Wildman–Crippen MR) is 71.3 cm³/mol. The summed E-state index contributed by atoms with van der Waals surface area (Å²) in [6.07, 6.45) is 7.74. The molecule has 5 nitrogen and oxygen atoms in total. The first-order chi connectivity index (χ1) is 8.68. The van der Waals surface area contributed by atoms with Crippen LogP contribution in [0, 0.1) is 0 Å². The van der Waals surface area contributed by atoms with Gasteiger partial charge in [-0.25, -0.2) is 4.79 Å². The van der Waals surface area contributed by atoms with Gasteiger partial charge in [0.05, 0.1) is 0 Å². The molecule has 1 rings (SSSR count). The third-order valence-electron chi connectivity index (χ3n) is 3.20. The molecule has 0 bridgehead atoms. The van der Waals surface area contributed by atoms with Crippen molar-refractivity contribution < 1.29 is 9.59 Å². The maximum Gasteiger partial charge on any atom is 0.315 e. The Balaban J connectivity index is 1.94. The van der Waals surface area contributed by atoms with Crippen molar-refractivity contribution in [3.8, 4) is 0 Å². The second-order valence-electron chi connectivity index (χ2n) is 4.93. The molecule has 0 spiro atoms. The van der Waals surface area contributed by atoms with Gasteiger partial charge in [-0.1, -0.05) is 19.3 Å². The van der Waals surface area contributed by atoms with Crippen molar-refractivity contribution in [2.75, 3.05) is 13.1 Å². The number of rotatable bonds is 6. The SMILES string of the molecule is CC(=O)NCCCCNC(=O)NC1CCCCC1. The van der Waals surface area contributed by atoms with Gasteiger partial charge in [0.2, 0.25) is 5.91 Å². The van der Waals surface area contributed by atoms with Gasteiger partial charge in [0, 0.05) is 26.1 Å². The molecule has 1 fully saturated rings. The van der Waals surface area contributed by atoms with Gasteiger partial charge in [-0.15, -0.1) is 0 Å². The average molecular weight is 255 g/mol. The Kier molecular flexibility index (Phi) is 7.22. The quantitative estimate of drug-likeness (QED) is 0.630. The lowest BCUT2D eigenvalue weighted by Crippen LogP contribution is -2.43. The molecule has 0 radical (unpaired) electrons. The molecular formula is C13H25N3O2. The predicted octanol–water partition coefficient (Wildman–Crippen LogP) is 1.53. The fourth-order valence-corrected chi connectivity index (χ4v) is 2.20. The molecule has 1 saturated carbocycles. The van der Waals surface area contributed by atoms with Crippen molar-refractivity contribution in [1.82, 2.24) is 16.0 Å². The van der Waals surface area contributed by atoms with Gasteiger partial charge in [-0.05, 0) is 25.7 Å². The van der Waals surface area contributed by atoms with Crippen LogP contribution in [0.2, 0.25) is 0 Å². The van der Waals surface area contributed by atoms with Crippen molar-refractivity contribution in [3.05, 3.63) is 0 Å². The van der Waals surface area contributed by atoms with E-state index in [2.05, 4.69) is 16.0 Å². The highest BCUT2D eigenvalue weighted by atomic mass is 16.2. The molecule has 0 atom stereocenters. The number of urea groups is 1. The van der Waals surface area contributed by atoms with Crippen molar-refractivity contribution in [1.29, 1.82) is 0 Å². The lowest BCUT2D eigenvalue weighted by molar-refractivity contribution is -0.118. The molecule has 0 heterocycles. The number of nitrogens with one attached hydrogen (secondary N) is 3. The Morgan fingerprint density at radius 2 is 1.61 bits per heavy atom. The lowest BCUT2D eigenvalue weighted by atomic mass is 9.96. The van der Waals surface area contributed by atoms with Gasteiger partial charge in [0.25, 0.3) is 0 Å². The second-order valence-corrected chi connectivity index (χ2v) is 4.93. The summed E-state index contributed by atoms with van der Waals surface area (Å²) in [5.74, 6) is -0.00185. The van der Waals surface area contributed by atoms with Crippen molar-refractivity contribution in [2.45, 2.75) is 57.9 Å². The van der Waals surface area contributed by atoms with Gasteiger partial charge < -0.3 is 16.0 Å². The number of amides is 3. The van der Waals surface area contributed by atoms with Crippen LogP contribution in [0.5, 0.6) is 0 Å². The Labute approximate surface area is 109 Å². The molecular weight excluding hydrogens is 230 g/mol. The minimum absolute atomic E-state index is 0.00185. The summed E-state index contributed by atoms with van der Waals surface area (Å²) >= 11 is 0. The summed E-state index contributed by atoms with van der Waals surface area (Å²) in [6.45, 7) is 2.86. The summed E-state index contributed by atoms with van der Waals surface area (Å²) < 4.78 is 0. The standard InChI is InChI=1S/C13H25N3O2/c1-11(17)14-9-5-6-10-15-13(18)16-12-7-3-2-4-8-12/h12H,2-10H2,1H3,(H,14,17)(H2,15,16,18). The van der Waals surface area contributed by atoms with Gasteiger partial charge in [0.1, 0.15) is 0 Å². The van der Waals surface area contributed by atoms with E-state index in [1.807, 2.05) is 0 Å². The zero-order chi connectivity index (χ0) is 13.2. The number of carbonyl (C=O) groups excluding carboxylic acids is 2. The Bertz CT molecular complexity index is 263. The van der Waals surface area contributed by atoms with Crippen molar-refractivity contribution in [3.63, 3.8) is 0 Å². The first kappa shape index (κ1) is 14.8. The maximum absolute atomic E-state index is 11.6. The molecule has 1 aliphatic rings. The van der Waals surface area contributed by atoms with Crippen molar-refractivity contribution >= 4 is 11.9 Å². The third kappa shape index (κ3) is 7.14. The zero-order valence-corrected chi connectivity index (χ0v) is 11.3. The van der Waals surface area contributed by atoms with Crippen LogP contribution < -0.4 is 16.0 Å². The summed E-state index contributed by atoms with van der Waals surface area (Å²) in [7, 11) is 0. The van der Waals surface area contributed by atoms with Gasteiger partial charge in [-0.3, -0.25) is 4.79 Å². The van der Waals surface area contributed by atoms with E-state index >= 15 is 0 Å². The third-order valence-corrected chi connectivity index (χ3v) is 3.20. The molecule has 5 heteroatoms. The molecule has 104 valence electrons. The van der Waals surface area contributed by atoms with E-state index in [1.54, 1.807) is 0 Å². The minimum atomic E-state index is -0.0542. The molecule has 0 unspecified atom stereocenters. The monoisotopic (exact) mass is 255 g/mol. The number of unbranched alkanes of at least 4 members (excludes halogenated alkanes) is 1. The minimum Gasteiger partial charge on any atom is -0.356 e. The summed E-state index contributed by atoms with van der Waals surface area (Å²) in [5.41, 5.74) is 0. The average Bonchev–Trinajstić information content (AvgIpc) is 2.34. The van der Waals surface area contributed by atoms with E-state index in [1.165, 1.54) is 26.2 Å². The summed E-state index contributed by atoms with van der Waals surface area (Å²) in [4.78, 5) is 22.2. The van der Waals surface area contributed by atoms with Crippen LogP contribution in [0.1, 0.15) is 51.9 Å². The zero-order valence-electron chi connectivity index (χ0n) is 11.3. The fourth-order valence-electron chi connectivity index (χ4n) is 2.20. The normalized spacial score (nSPS) is 16.1. The van der Waals surface area contributed by atoms with E-state index in [0.29, 0.717) is 19.1 Å². The number of carbonyl (C=O) groups is 2. The molecule has 0 aromatic heterocycles. The summed E-state index contributed by atoms with van der Waals surface area (Å²) in [6, 6.07) is 0.305. The van der Waals surface area contributed by atoms with E-state index in [9.17, 15) is 9.59 Å². The molecule has 0 aromatic rings. The van der Waals surface area contributed by atoms with E-state index < -0.39 is 0 Å². The van der Waals surface area contributed by atoms with Gasteiger partial charge >= 0.3 is 6.03 Å². The lowest BCUT2D eigenvalue weighted by Gasteiger charge is -2.22. The highest BCUT2D eigenvalue weighted by Crippen LogP contribution is 2.16. The van der Waals surface area contributed by atoms with Crippen LogP contribution in [-0.2, 0) is 4.79 Å². The number of hydrogen-bond donors (Lipinski definition) is 3. The van der Waals surface area contributed by atoms with E-state index in [0.717, 1.165) is 25.7 Å². The summed E-state index contributed by atoms with van der Waals surface area (Å²) in [5, 5.41) is 8.60. The second kappa shape index (κ2) is 8.78.